The fourth-order valence-electron chi connectivity index (χ4n) is 3.31. The third-order valence-electron chi connectivity index (χ3n) is 4.74. The summed E-state index contributed by atoms with van der Waals surface area (Å²) in [6.45, 7) is 16.0. The Labute approximate surface area is 190 Å². The van der Waals surface area contributed by atoms with E-state index in [9.17, 15) is 8.42 Å². The van der Waals surface area contributed by atoms with Crippen molar-refractivity contribution in [2.24, 2.45) is 5.41 Å². The van der Waals surface area contributed by atoms with Crippen molar-refractivity contribution in [1.82, 2.24) is 9.78 Å². The van der Waals surface area contributed by atoms with E-state index in [0.717, 1.165) is 27.6 Å². The summed E-state index contributed by atoms with van der Waals surface area (Å²) < 4.78 is 28.5. The van der Waals surface area contributed by atoms with Gasteiger partial charge in [0.2, 0.25) is 10.0 Å². The average molecular weight is 448 g/mol. The Morgan fingerprint density at radius 1 is 1.19 bits per heavy atom. The molecule has 0 saturated carbocycles. The molecule has 166 valence electrons. The highest BCUT2D eigenvalue weighted by Crippen LogP contribution is 2.32. The zero-order valence-electron chi connectivity index (χ0n) is 19.1. The van der Waals surface area contributed by atoms with Crippen molar-refractivity contribution < 1.29 is 8.42 Å². The van der Waals surface area contributed by atoms with Crippen molar-refractivity contribution >= 4 is 38.3 Å². The Hall–Kier alpha value is -3.30. The molecule has 6 heteroatoms. The molecule has 0 aliphatic heterocycles. The second kappa shape index (κ2) is 9.05. The van der Waals surface area contributed by atoms with Crippen LogP contribution >= 0.6 is 0 Å². The van der Waals surface area contributed by atoms with E-state index in [1.54, 1.807) is 23.1 Å². The Balaban J connectivity index is 2.01. The van der Waals surface area contributed by atoms with Gasteiger partial charge in [-0.05, 0) is 61.7 Å². The Bertz CT molecular complexity index is 1350. The van der Waals surface area contributed by atoms with Gasteiger partial charge in [0.1, 0.15) is 0 Å². The number of sulfonamides is 1. The number of benzene rings is 2. The van der Waals surface area contributed by atoms with Gasteiger partial charge in [0, 0.05) is 28.4 Å². The molecule has 3 rings (SSSR count). The van der Waals surface area contributed by atoms with Crippen molar-refractivity contribution in [3.05, 3.63) is 61.4 Å². The van der Waals surface area contributed by atoms with Crippen LogP contribution in [0.3, 0.4) is 0 Å². The second-order valence-electron chi connectivity index (χ2n) is 8.71. The van der Waals surface area contributed by atoms with Gasteiger partial charge < -0.3 is 0 Å². The van der Waals surface area contributed by atoms with Gasteiger partial charge >= 0.3 is 0 Å². The maximum atomic E-state index is 12.1. The molecule has 0 bridgehead atoms. The molecule has 32 heavy (non-hydrogen) atoms. The zero-order valence-corrected chi connectivity index (χ0v) is 19.9. The van der Waals surface area contributed by atoms with Gasteiger partial charge in [0.25, 0.3) is 0 Å². The summed E-state index contributed by atoms with van der Waals surface area (Å²) in [4.78, 5) is 0. The third kappa shape index (κ3) is 5.49. The molecule has 5 nitrogen and oxygen atoms in total. The third-order valence-corrected chi connectivity index (χ3v) is 6.23. The predicted octanol–water partition coefficient (Wildman–Crippen LogP) is 6.02. The quantitative estimate of drug-likeness (QED) is 0.451. The highest BCUT2D eigenvalue weighted by molar-refractivity contribution is 7.92. The van der Waals surface area contributed by atoms with Gasteiger partial charge in [-0.1, -0.05) is 50.1 Å². The predicted molar refractivity (Wildman–Crippen MR) is 136 cm³/mol. The topological polar surface area (TPSA) is 64.0 Å². The molecule has 0 unspecified atom stereocenters. The van der Waals surface area contributed by atoms with Gasteiger partial charge in [0.05, 0.1) is 17.6 Å². The minimum Gasteiger partial charge on any atom is -0.284 e. The van der Waals surface area contributed by atoms with Crippen LogP contribution in [0.25, 0.3) is 33.7 Å². The van der Waals surface area contributed by atoms with Crippen molar-refractivity contribution in [3.63, 3.8) is 0 Å². The van der Waals surface area contributed by atoms with Crippen LogP contribution < -0.4 is 4.72 Å². The van der Waals surface area contributed by atoms with Crippen LogP contribution in [0.4, 0.5) is 5.69 Å². The molecular formula is C26H29N3O2S. The minimum absolute atomic E-state index is 0.0992. The molecule has 0 amide bonds. The Morgan fingerprint density at radius 2 is 1.88 bits per heavy atom. The molecule has 0 spiro atoms. The summed E-state index contributed by atoms with van der Waals surface area (Å²) in [5.74, 6) is 6.49. The monoisotopic (exact) mass is 447 g/mol. The van der Waals surface area contributed by atoms with E-state index < -0.39 is 10.0 Å². The van der Waals surface area contributed by atoms with E-state index in [4.69, 9.17) is 0 Å². The molecule has 0 aliphatic rings. The van der Waals surface area contributed by atoms with Crippen LogP contribution in [-0.2, 0) is 10.0 Å². The number of nitrogens with one attached hydrogen (secondary N) is 1. The molecule has 0 radical (unpaired) electrons. The van der Waals surface area contributed by atoms with E-state index in [-0.39, 0.29) is 11.2 Å². The first-order valence-electron chi connectivity index (χ1n) is 10.5. The molecule has 0 fully saturated rings. The number of nitrogens with zero attached hydrogens (tertiary/aromatic N) is 2. The maximum absolute atomic E-state index is 12.1. The normalized spacial score (nSPS) is 11.6. The highest BCUT2D eigenvalue weighted by atomic mass is 32.2. The molecular weight excluding hydrogens is 418 g/mol. The van der Waals surface area contributed by atoms with E-state index in [0.29, 0.717) is 17.7 Å². The van der Waals surface area contributed by atoms with Gasteiger partial charge in [-0.2, -0.15) is 5.10 Å². The first-order valence-corrected chi connectivity index (χ1v) is 12.2. The van der Waals surface area contributed by atoms with Crippen molar-refractivity contribution in [3.8, 4) is 23.0 Å². The van der Waals surface area contributed by atoms with Gasteiger partial charge in [-0.25, -0.2) is 13.1 Å². The molecule has 0 aliphatic carbocycles. The number of rotatable bonds is 7. The molecule has 1 heterocycles. The Morgan fingerprint density at radius 3 is 2.53 bits per heavy atom. The zero-order chi connectivity index (χ0) is 23.5. The van der Waals surface area contributed by atoms with Crippen LogP contribution in [-0.4, -0.2) is 24.0 Å². The summed E-state index contributed by atoms with van der Waals surface area (Å²) in [7, 11) is -3.33. The number of hydrogen-bond acceptors (Lipinski definition) is 3. The number of allylic oxidation sites excluding steroid dienone is 1. The maximum Gasteiger partial charge on any atom is 0.232 e. The van der Waals surface area contributed by atoms with E-state index in [1.165, 1.54) is 0 Å². The molecule has 3 aromatic rings. The summed E-state index contributed by atoms with van der Waals surface area (Å²) >= 11 is 0. The van der Waals surface area contributed by atoms with Crippen LogP contribution in [0.15, 0.2) is 55.8 Å². The number of aromatic nitrogens is 2. The van der Waals surface area contributed by atoms with Crippen molar-refractivity contribution in [1.29, 1.82) is 0 Å². The van der Waals surface area contributed by atoms with E-state index in [2.05, 4.69) is 61.7 Å². The summed E-state index contributed by atoms with van der Waals surface area (Å²) in [5.41, 5.74) is 3.78. The fourth-order valence-corrected chi connectivity index (χ4v) is 4.44. The van der Waals surface area contributed by atoms with Gasteiger partial charge in [0.15, 0.2) is 0 Å². The lowest BCUT2D eigenvalue weighted by atomic mass is 9.96. The standard InChI is InChI=1S/C26H29N3O2S/c1-7-15-32(30,31)28-23-12-11-20-16-22(10-9-21(20)17-23)24-18-27-29(8-2)25(24)19(3)13-14-26(4,5)6/h8-12,16-18,28H,2-3,7,15H2,1,4-6H3. The summed E-state index contributed by atoms with van der Waals surface area (Å²) in [6, 6.07) is 11.5. The number of anilines is 1. The van der Waals surface area contributed by atoms with Crippen molar-refractivity contribution in [2.45, 2.75) is 34.1 Å². The summed E-state index contributed by atoms with van der Waals surface area (Å²) in [6.07, 6.45) is 3.99. The van der Waals surface area contributed by atoms with Crippen molar-refractivity contribution in [2.75, 3.05) is 10.5 Å². The van der Waals surface area contributed by atoms with Gasteiger partial charge in [-0.15, -0.1) is 0 Å². The highest BCUT2D eigenvalue weighted by Gasteiger charge is 2.15. The minimum atomic E-state index is -3.33. The number of hydrogen-bond donors (Lipinski definition) is 1. The molecule has 1 N–H and O–H groups in total. The SMILES string of the molecule is C=Cn1ncc(-c2ccc3cc(NS(=O)(=O)CCC)ccc3c2)c1C(=C)C#CC(C)(C)C. The van der Waals surface area contributed by atoms with E-state index >= 15 is 0 Å². The lowest BCUT2D eigenvalue weighted by molar-refractivity contribution is 0.571. The van der Waals surface area contributed by atoms with Crippen LogP contribution in [0.1, 0.15) is 39.8 Å². The largest absolute Gasteiger partial charge is 0.284 e. The van der Waals surface area contributed by atoms with Crippen LogP contribution in [0.5, 0.6) is 0 Å². The average Bonchev–Trinajstić information content (AvgIpc) is 3.15. The smallest absolute Gasteiger partial charge is 0.232 e. The molecule has 2 aromatic carbocycles. The summed E-state index contributed by atoms with van der Waals surface area (Å²) in [5, 5.41) is 6.35. The van der Waals surface area contributed by atoms with Crippen LogP contribution in [0, 0.1) is 17.3 Å². The van der Waals surface area contributed by atoms with Crippen LogP contribution in [0.2, 0.25) is 0 Å². The second-order valence-corrected chi connectivity index (χ2v) is 10.6. The lowest BCUT2D eigenvalue weighted by Gasteiger charge is -2.10. The first kappa shape index (κ1) is 23.4. The number of fused-ring (bicyclic) bond motifs is 1. The molecule has 0 saturated heterocycles. The molecule has 1 aromatic heterocycles. The molecule has 0 atom stereocenters. The first-order chi connectivity index (χ1) is 15.0. The Kier molecular flexibility index (Phi) is 6.61. The lowest BCUT2D eigenvalue weighted by Crippen LogP contribution is -2.15. The fraction of sp³-hybridized carbons (Fsp3) is 0.269. The van der Waals surface area contributed by atoms with E-state index in [1.807, 2.05) is 31.2 Å². The van der Waals surface area contributed by atoms with Gasteiger partial charge in [-0.3, -0.25) is 4.72 Å².